The van der Waals surface area contributed by atoms with Crippen LogP contribution in [0.5, 0.6) is 5.75 Å². The van der Waals surface area contributed by atoms with Crippen LogP contribution in [0.2, 0.25) is 5.02 Å². The third-order valence-corrected chi connectivity index (χ3v) is 4.34. The number of unbranched alkanes of at least 4 members (excludes halogenated alkanes) is 1. The van der Waals surface area contributed by atoms with E-state index in [1.54, 1.807) is 24.3 Å². The van der Waals surface area contributed by atoms with Crippen LogP contribution in [0.25, 0.3) is 22.2 Å². The van der Waals surface area contributed by atoms with Gasteiger partial charge in [0.05, 0.1) is 17.8 Å². The summed E-state index contributed by atoms with van der Waals surface area (Å²) in [4.78, 5) is 16.5. The van der Waals surface area contributed by atoms with Gasteiger partial charge in [-0.1, -0.05) is 24.9 Å². The van der Waals surface area contributed by atoms with E-state index in [2.05, 4.69) is 11.9 Å². The van der Waals surface area contributed by atoms with E-state index in [0.717, 1.165) is 24.2 Å². The van der Waals surface area contributed by atoms with Gasteiger partial charge in [0, 0.05) is 21.5 Å². The number of benzene rings is 2. The van der Waals surface area contributed by atoms with Gasteiger partial charge in [-0.2, -0.15) is 0 Å². The Kier molecular flexibility index (Phi) is 5.57. The van der Waals surface area contributed by atoms with Crippen molar-refractivity contribution in [3.63, 3.8) is 0 Å². The number of ether oxygens (including phenoxy) is 1. The predicted octanol–water partition coefficient (Wildman–Crippen LogP) is 6.11. The molecule has 0 N–H and O–H groups in total. The average Bonchev–Trinajstić information content (AvgIpc) is 2.61. The summed E-state index contributed by atoms with van der Waals surface area (Å²) in [6, 6.07) is 14.6. The average molecular weight is 374 g/mol. The SMILES string of the molecule is CCCCOc1ccc(-c2cc(C(=O)Cl)c3cc(Cl)ccc3n2)cc1. The lowest BCUT2D eigenvalue weighted by molar-refractivity contribution is 0.108. The largest absolute Gasteiger partial charge is 0.494 e. The smallest absolute Gasteiger partial charge is 0.253 e. The van der Waals surface area contributed by atoms with Gasteiger partial charge in [-0.15, -0.1) is 0 Å². The number of pyridine rings is 1. The second-order valence-corrected chi connectivity index (χ2v) is 6.50. The van der Waals surface area contributed by atoms with E-state index >= 15 is 0 Å². The molecule has 0 aliphatic heterocycles. The zero-order valence-electron chi connectivity index (χ0n) is 13.8. The second kappa shape index (κ2) is 7.85. The van der Waals surface area contributed by atoms with Crippen LogP contribution in [0.4, 0.5) is 0 Å². The summed E-state index contributed by atoms with van der Waals surface area (Å²) in [7, 11) is 0. The van der Waals surface area contributed by atoms with Crippen molar-refractivity contribution in [2.45, 2.75) is 19.8 Å². The maximum absolute atomic E-state index is 11.8. The molecule has 0 bridgehead atoms. The lowest BCUT2D eigenvalue weighted by Crippen LogP contribution is -1.97. The fourth-order valence-electron chi connectivity index (χ4n) is 2.56. The number of fused-ring (bicyclic) bond motifs is 1. The van der Waals surface area contributed by atoms with Gasteiger partial charge in [-0.05, 0) is 66.6 Å². The molecule has 0 saturated heterocycles. The van der Waals surface area contributed by atoms with Crippen molar-refractivity contribution < 1.29 is 9.53 Å². The molecule has 3 nitrogen and oxygen atoms in total. The molecule has 0 spiro atoms. The van der Waals surface area contributed by atoms with E-state index in [1.807, 2.05) is 24.3 Å². The molecule has 3 rings (SSSR count). The van der Waals surface area contributed by atoms with Gasteiger partial charge >= 0.3 is 0 Å². The van der Waals surface area contributed by atoms with Gasteiger partial charge < -0.3 is 4.74 Å². The van der Waals surface area contributed by atoms with Crippen LogP contribution in [0.3, 0.4) is 0 Å². The Balaban J connectivity index is 1.98. The van der Waals surface area contributed by atoms with Gasteiger partial charge in [-0.3, -0.25) is 4.79 Å². The van der Waals surface area contributed by atoms with Gasteiger partial charge in [-0.25, -0.2) is 4.98 Å². The van der Waals surface area contributed by atoms with Crippen LogP contribution in [0, 0.1) is 0 Å². The molecular weight excluding hydrogens is 357 g/mol. The van der Waals surface area contributed by atoms with Crippen LogP contribution in [0.1, 0.15) is 30.1 Å². The number of hydrogen-bond acceptors (Lipinski definition) is 3. The molecule has 0 unspecified atom stereocenters. The fraction of sp³-hybridized carbons (Fsp3) is 0.200. The lowest BCUT2D eigenvalue weighted by atomic mass is 10.0. The molecule has 2 aromatic carbocycles. The van der Waals surface area contributed by atoms with Crippen LogP contribution < -0.4 is 4.74 Å². The minimum atomic E-state index is -0.532. The summed E-state index contributed by atoms with van der Waals surface area (Å²) in [5, 5.41) is 0.654. The molecule has 0 atom stereocenters. The molecular formula is C20H17Cl2NO2. The topological polar surface area (TPSA) is 39.2 Å². The first-order valence-corrected chi connectivity index (χ1v) is 8.87. The van der Waals surface area contributed by atoms with Crippen molar-refractivity contribution in [1.82, 2.24) is 4.98 Å². The lowest BCUT2D eigenvalue weighted by Gasteiger charge is -2.09. The van der Waals surface area contributed by atoms with Crippen molar-refractivity contribution in [3.8, 4) is 17.0 Å². The number of carbonyl (C=O) groups excluding carboxylic acids is 1. The first kappa shape index (κ1) is 17.7. The van der Waals surface area contributed by atoms with Crippen molar-refractivity contribution in [1.29, 1.82) is 0 Å². The number of halogens is 2. The fourth-order valence-corrected chi connectivity index (χ4v) is 2.89. The normalized spacial score (nSPS) is 10.8. The Morgan fingerprint density at radius 3 is 2.56 bits per heavy atom. The van der Waals surface area contributed by atoms with Crippen molar-refractivity contribution in [2.75, 3.05) is 6.61 Å². The first-order valence-electron chi connectivity index (χ1n) is 8.12. The highest BCUT2D eigenvalue weighted by molar-refractivity contribution is 6.68. The molecule has 25 heavy (non-hydrogen) atoms. The number of hydrogen-bond donors (Lipinski definition) is 0. The van der Waals surface area contributed by atoms with E-state index in [0.29, 0.717) is 33.8 Å². The van der Waals surface area contributed by atoms with Gasteiger partial charge in [0.2, 0.25) is 0 Å². The van der Waals surface area contributed by atoms with Crippen molar-refractivity contribution in [2.24, 2.45) is 0 Å². The summed E-state index contributed by atoms with van der Waals surface area (Å²) in [5.41, 5.74) is 2.64. The van der Waals surface area contributed by atoms with E-state index < -0.39 is 5.24 Å². The zero-order chi connectivity index (χ0) is 17.8. The van der Waals surface area contributed by atoms with E-state index in [1.165, 1.54) is 0 Å². The molecule has 1 heterocycles. The molecule has 0 fully saturated rings. The van der Waals surface area contributed by atoms with Crippen molar-refractivity contribution >= 4 is 39.3 Å². The number of rotatable bonds is 6. The Hall–Kier alpha value is -2.10. The molecule has 0 saturated carbocycles. The monoisotopic (exact) mass is 373 g/mol. The van der Waals surface area contributed by atoms with Crippen molar-refractivity contribution in [3.05, 3.63) is 59.1 Å². The molecule has 3 aromatic rings. The Bertz CT molecular complexity index is 907. The summed E-state index contributed by atoms with van der Waals surface area (Å²) in [6.45, 7) is 2.83. The Morgan fingerprint density at radius 1 is 1.12 bits per heavy atom. The highest BCUT2D eigenvalue weighted by atomic mass is 35.5. The summed E-state index contributed by atoms with van der Waals surface area (Å²) in [5.74, 6) is 0.818. The quantitative estimate of drug-likeness (QED) is 0.386. The molecule has 5 heteroatoms. The summed E-state index contributed by atoms with van der Waals surface area (Å²) >= 11 is 11.8. The van der Waals surface area contributed by atoms with Gasteiger partial charge in [0.1, 0.15) is 5.75 Å². The molecule has 128 valence electrons. The number of nitrogens with zero attached hydrogens (tertiary/aromatic N) is 1. The minimum absolute atomic E-state index is 0.396. The molecule has 0 amide bonds. The highest BCUT2D eigenvalue weighted by Gasteiger charge is 2.13. The first-order chi connectivity index (χ1) is 12.1. The summed E-state index contributed by atoms with van der Waals surface area (Å²) in [6.07, 6.45) is 2.12. The van der Waals surface area contributed by atoms with Gasteiger partial charge in [0.25, 0.3) is 5.24 Å². The minimum Gasteiger partial charge on any atom is -0.494 e. The molecule has 1 aromatic heterocycles. The molecule has 0 aliphatic rings. The van der Waals surface area contributed by atoms with Crippen LogP contribution >= 0.6 is 23.2 Å². The maximum Gasteiger partial charge on any atom is 0.253 e. The Labute approximate surface area is 156 Å². The predicted molar refractivity (Wildman–Crippen MR) is 103 cm³/mol. The highest BCUT2D eigenvalue weighted by Crippen LogP contribution is 2.29. The third-order valence-electron chi connectivity index (χ3n) is 3.90. The van der Waals surface area contributed by atoms with Gasteiger partial charge in [0.15, 0.2) is 0 Å². The maximum atomic E-state index is 11.8. The molecule has 0 aliphatic carbocycles. The van der Waals surface area contributed by atoms with Crippen LogP contribution in [0.15, 0.2) is 48.5 Å². The summed E-state index contributed by atoms with van der Waals surface area (Å²) < 4.78 is 5.67. The van der Waals surface area contributed by atoms with Crippen LogP contribution in [-0.4, -0.2) is 16.8 Å². The standard InChI is InChI=1S/C20H17Cl2NO2/c1-2-3-10-25-15-7-4-13(5-8-15)19-12-17(20(22)24)16-11-14(21)6-9-18(16)23-19/h4-9,11-12H,2-3,10H2,1H3. The van der Waals surface area contributed by atoms with E-state index in [9.17, 15) is 4.79 Å². The molecule has 0 radical (unpaired) electrons. The number of carbonyl (C=O) groups is 1. The zero-order valence-corrected chi connectivity index (χ0v) is 15.3. The van der Waals surface area contributed by atoms with Crippen LogP contribution in [-0.2, 0) is 0 Å². The number of aromatic nitrogens is 1. The van der Waals surface area contributed by atoms with E-state index in [4.69, 9.17) is 27.9 Å². The van der Waals surface area contributed by atoms with E-state index in [-0.39, 0.29) is 0 Å². The Morgan fingerprint density at radius 2 is 1.88 bits per heavy atom. The third kappa shape index (κ3) is 4.12. The second-order valence-electron chi connectivity index (χ2n) is 5.72.